The molecule has 0 amide bonds. The first-order valence-electron chi connectivity index (χ1n) is 6.94. The van der Waals surface area contributed by atoms with Crippen molar-refractivity contribution >= 4 is 5.97 Å². The molecule has 1 aliphatic heterocycles. The molecule has 20 heavy (non-hydrogen) atoms. The first-order chi connectivity index (χ1) is 9.58. The smallest absolute Gasteiger partial charge is 0.336 e. The van der Waals surface area contributed by atoms with Gasteiger partial charge in [0.15, 0.2) is 0 Å². The topological polar surface area (TPSA) is 53.0 Å². The van der Waals surface area contributed by atoms with E-state index in [4.69, 9.17) is 9.84 Å². The predicted molar refractivity (Wildman–Crippen MR) is 77.6 cm³/mol. The molecular formula is C15H22N2O3. The van der Waals surface area contributed by atoms with Gasteiger partial charge in [-0.05, 0) is 26.1 Å². The van der Waals surface area contributed by atoms with Gasteiger partial charge >= 0.3 is 5.97 Å². The Bertz CT molecular complexity index is 468. The minimum absolute atomic E-state index is 0.307. The minimum Gasteiger partial charge on any atom is -0.492 e. The zero-order chi connectivity index (χ0) is 14.5. The molecule has 0 spiro atoms. The predicted octanol–water partition coefficient (Wildman–Crippen LogP) is 1.32. The van der Waals surface area contributed by atoms with Gasteiger partial charge < -0.3 is 14.7 Å². The van der Waals surface area contributed by atoms with Crippen molar-refractivity contribution in [2.75, 3.05) is 46.4 Å². The number of ether oxygens (including phenoxy) is 1. The number of carbonyl (C=O) groups is 1. The maximum atomic E-state index is 11.1. The Morgan fingerprint density at radius 3 is 2.65 bits per heavy atom. The highest BCUT2D eigenvalue weighted by molar-refractivity contribution is 5.90. The van der Waals surface area contributed by atoms with E-state index in [0.29, 0.717) is 23.5 Å². The largest absolute Gasteiger partial charge is 0.492 e. The number of aromatic carboxylic acids is 1. The van der Waals surface area contributed by atoms with E-state index in [9.17, 15) is 4.79 Å². The normalized spacial score (nSPS) is 17.1. The molecule has 1 fully saturated rings. The molecule has 5 nitrogen and oxygen atoms in total. The number of hydrogen-bond acceptors (Lipinski definition) is 4. The zero-order valence-electron chi connectivity index (χ0n) is 12.1. The lowest BCUT2D eigenvalue weighted by Crippen LogP contribution is -2.45. The summed E-state index contributed by atoms with van der Waals surface area (Å²) in [6.45, 7) is 7.57. The van der Waals surface area contributed by atoms with Crippen LogP contribution in [0.5, 0.6) is 5.75 Å². The number of benzene rings is 1. The Labute approximate surface area is 119 Å². The van der Waals surface area contributed by atoms with E-state index in [1.807, 2.05) is 6.07 Å². The Morgan fingerprint density at radius 2 is 2.00 bits per heavy atom. The van der Waals surface area contributed by atoms with E-state index >= 15 is 0 Å². The molecule has 0 saturated carbocycles. The number of carboxylic acids is 1. The van der Waals surface area contributed by atoms with Crippen LogP contribution in [0.15, 0.2) is 18.2 Å². The average Bonchev–Trinajstić information content (AvgIpc) is 2.42. The van der Waals surface area contributed by atoms with Crippen LogP contribution in [0, 0.1) is 6.92 Å². The van der Waals surface area contributed by atoms with Gasteiger partial charge in [-0.25, -0.2) is 4.79 Å². The summed E-state index contributed by atoms with van der Waals surface area (Å²) in [6, 6.07) is 5.15. The van der Waals surface area contributed by atoms with E-state index in [1.54, 1.807) is 19.1 Å². The maximum absolute atomic E-state index is 11.1. The van der Waals surface area contributed by atoms with E-state index in [1.165, 1.54) is 0 Å². The van der Waals surface area contributed by atoms with Gasteiger partial charge in [-0.2, -0.15) is 0 Å². The van der Waals surface area contributed by atoms with Crippen LogP contribution in [0.2, 0.25) is 0 Å². The van der Waals surface area contributed by atoms with Gasteiger partial charge in [-0.3, -0.25) is 4.90 Å². The zero-order valence-corrected chi connectivity index (χ0v) is 12.1. The van der Waals surface area contributed by atoms with Crippen molar-refractivity contribution in [1.82, 2.24) is 9.80 Å². The highest BCUT2D eigenvalue weighted by Gasteiger charge is 2.14. The van der Waals surface area contributed by atoms with Crippen molar-refractivity contribution in [2.45, 2.75) is 6.92 Å². The van der Waals surface area contributed by atoms with Gasteiger partial charge in [0, 0.05) is 38.3 Å². The highest BCUT2D eigenvalue weighted by Crippen LogP contribution is 2.21. The lowest BCUT2D eigenvalue weighted by atomic mass is 10.1. The van der Waals surface area contributed by atoms with E-state index in [0.717, 1.165) is 32.7 Å². The molecule has 1 aromatic rings. The lowest BCUT2D eigenvalue weighted by Gasteiger charge is -2.32. The Hall–Kier alpha value is -1.59. The molecule has 0 atom stereocenters. The molecule has 0 aromatic heterocycles. The minimum atomic E-state index is -0.910. The second-order valence-corrected chi connectivity index (χ2v) is 5.23. The summed E-state index contributed by atoms with van der Waals surface area (Å²) in [6.07, 6.45) is 0. The van der Waals surface area contributed by atoms with Crippen LogP contribution in [0.1, 0.15) is 15.9 Å². The Morgan fingerprint density at radius 1 is 1.30 bits per heavy atom. The van der Waals surface area contributed by atoms with Crippen molar-refractivity contribution in [3.05, 3.63) is 29.3 Å². The molecule has 1 N–H and O–H groups in total. The van der Waals surface area contributed by atoms with Gasteiger partial charge in [0.2, 0.25) is 0 Å². The number of hydrogen-bond donors (Lipinski definition) is 1. The van der Waals surface area contributed by atoms with Gasteiger partial charge in [-0.15, -0.1) is 0 Å². The first kappa shape index (κ1) is 14.8. The Kier molecular flexibility index (Phi) is 4.98. The van der Waals surface area contributed by atoms with Gasteiger partial charge in [0.1, 0.15) is 12.4 Å². The first-order valence-corrected chi connectivity index (χ1v) is 6.94. The summed E-state index contributed by atoms with van der Waals surface area (Å²) in [4.78, 5) is 15.7. The molecule has 1 saturated heterocycles. The van der Waals surface area contributed by atoms with Crippen LogP contribution in [-0.4, -0.2) is 67.3 Å². The second-order valence-electron chi connectivity index (χ2n) is 5.23. The van der Waals surface area contributed by atoms with Crippen molar-refractivity contribution < 1.29 is 14.6 Å². The van der Waals surface area contributed by atoms with Gasteiger partial charge in [-0.1, -0.05) is 6.07 Å². The molecule has 0 aliphatic carbocycles. The number of rotatable bonds is 5. The summed E-state index contributed by atoms with van der Waals surface area (Å²) in [5.74, 6) is -0.244. The van der Waals surface area contributed by atoms with E-state index in [-0.39, 0.29) is 0 Å². The van der Waals surface area contributed by atoms with Crippen LogP contribution in [0.4, 0.5) is 0 Å². The van der Waals surface area contributed by atoms with Gasteiger partial charge in [0.25, 0.3) is 0 Å². The van der Waals surface area contributed by atoms with Crippen molar-refractivity contribution in [3.63, 3.8) is 0 Å². The summed E-state index contributed by atoms with van der Waals surface area (Å²) in [5.41, 5.74) is 1.00. The summed E-state index contributed by atoms with van der Waals surface area (Å²) >= 11 is 0. The van der Waals surface area contributed by atoms with Crippen LogP contribution in [0.25, 0.3) is 0 Å². The third kappa shape index (κ3) is 3.71. The molecule has 2 rings (SSSR count). The fourth-order valence-electron chi connectivity index (χ4n) is 2.36. The average molecular weight is 278 g/mol. The second kappa shape index (κ2) is 6.72. The van der Waals surface area contributed by atoms with Crippen LogP contribution < -0.4 is 4.74 Å². The number of likely N-dealkylation sites (N-methyl/N-ethyl adjacent to an activating group) is 1. The number of carboxylic acid groups (broad SMARTS) is 1. The molecular weight excluding hydrogens is 256 g/mol. The van der Waals surface area contributed by atoms with Gasteiger partial charge in [0.05, 0.1) is 5.56 Å². The molecule has 110 valence electrons. The van der Waals surface area contributed by atoms with E-state index in [2.05, 4.69) is 16.8 Å². The molecule has 1 aromatic carbocycles. The van der Waals surface area contributed by atoms with Crippen molar-refractivity contribution in [1.29, 1.82) is 0 Å². The van der Waals surface area contributed by atoms with Crippen LogP contribution in [-0.2, 0) is 0 Å². The lowest BCUT2D eigenvalue weighted by molar-refractivity contribution is 0.0695. The monoisotopic (exact) mass is 278 g/mol. The highest BCUT2D eigenvalue weighted by atomic mass is 16.5. The molecule has 5 heteroatoms. The number of piperazine rings is 1. The van der Waals surface area contributed by atoms with Crippen LogP contribution >= 0.6 is 0 Å². The molecule has 0 bridgehead atoms. The van der Waals surface area contributed by atoms with E-state index < -0.39 is 5.97 Å². The van der Waals surface area contributed by atoms with Crippen molar-refractivity contribution in [2.24, 2.45) is 0 Å². The fourth-order valence-corrected chi connectivity index (χ4v) is 2.36. The third-order valence-corrected chi connectivity index (χ3v) is 3.78. The Balaban J connectivity index is 1.85. The molecule has 0 radical (unpaired) electrons. The summed E-state index contributed by atoms with van der Waals surface area (Å²) in [5, 5.41) is 9.08. The maximum Gasteiger partial charge on any atom is 0.336 e. The summed E-state index contributed by atoms with van der Waals surface area (Å²) < 4.78 is 5.74. The molecule has 0 unspecified atom stereocenters. The quantitative estimate of drug-likeness (QED) is 0.880. The fraction of sp³-hybridized carbons (Fsp3) is 0.533. The standard InChI is InChI=1S/C15H22N2O3/c1-12-13(15(18)19)4-3-5-14(12)20-11-10-17-8-6-16(2)7-9-17/h3-5H,6-11H2,1-2H3,(H,18,19). The third-order valence-electron chi connectivity index (χ3n) is 3.78. The summed E-state index contributed by atoms with van der Waals surface area (Å²) in [7, 11) is 2.13. The molecule has 1 aliphatic rings. The van der Waals surface area contributed by atoms with Crippen LogP contribution in [0.3, 0.4) is 0 Å². The van der Waals surface area contributed by atoms with Crippen molar-refractivity contribution in [3.8, 4) is 5.75 Å². The SMILES string of the molecule is Cc1c(OCCN2CCN(C)CC2)cccc1C(=O)O. The molecule has 1 heterocycles. The number of nitrogens with zero attached hydrogens (tertiary/aromatic N) is 2.